The van der Waals surface area contributed by atoms with Crippen molar-refractivity contribution in [2.24, 2.45) is 4.99 Å². The highest BCUT2D eigenvalue weighted by Gasteiger charge is 2.10. The molecule has 0 fully saturated rings. The predicted molar refractivity (Wildman–Crippen MR) is 54.1 cm³/mol. The topological polar surface area (TPSA) is 44.6 Å². The number of hydrogen-bond acceptors (Lipinski definition) is 3. The molecular formula is C10H12N2O. The van der Waals surface area contributed by atoms with Gasteiger partial charge in [0.25, 0.3) is 0 Å². The van der Waals surface area contributed by atoms with Crippen molar-refractivity contribution in [1.29, 1.82) is 0 Å². The summed E-state index contributed by atoms with van der Waals surface area (Å²) in [5, 5.41) is 12.6. The number of aryl methyl sites for hydroxylation is 1. The number of anilines is 1. The molecule has 0 aliphatic carbocycles. The Bertz CT molecular complexity index is 358. The maximum atomic E-state index is 9.41. The van der Waals surface area contributed by atoms with Gasteiger partial charge in [0.1, 0.15) is 5.75 Å². The highest BCUT2D eigenvalue weighted by Crippen LogP contribution is 2.34. The first-order valence-electron chi connectivity index (χ1n) is 4.43. The van der Waals surface area contributed by atoms with Crippen LogP contribution in [-0.4, -0.2) is 17.9 Å². The third-order valence-corrected chi connectivity index (χ3v) is 2.16. The van der Waals surface area contributed by atoms with Gasteiger partial charge in [-0.05, 0) is 18.1 Å². The van der Waals surface area contributed by atoms with Crippen molar-refractivity contribution in [2.45, 2.75) is 13.3 Å². The summed E-state index contributed by atoms with van der Waals surface area (Å²) in [6.45, 7) is 2.79. The van der Waals surface area contributed by atoms with Crippen molar-refractivity contribution >= 4 is 17.6 Å². The second-order valence-corrected chi connectivity index (χ2v) is 3.05. The monoisotopic (exact) mass is 176 g/mol. The molecule has 0 unspecified atom stereocenters. The zero-order valence-electron chi connectivity index (χ0n) is 7.54. The van der Waals surface area contributed by atoms with Gasteiger partial charge in [0.2, 0.25) is 0 Å². The number of nitrogens with one attached hydrogen (secondary N) is 1. The van der Waals surface area contributed by atoms with Gasteiger partial charge >= 0.3 is 0 Å². The standard InChI is InChI=1S/C10H12N2O/c1-2-7-5-8(13)6-9-10(7)12-4-3-11-9/h4-6,11,13H,2-3H2,1H3. The molecule has 0 saturated heterocycles. The summed E-state index contributed by atoms with van der Waals surface area (Å²) in [6, 6.07) is 3.48. The molecule has 1 aliphatic rings. The lowest BCUT2D eigenvalue weighted by molar-refractivity contribution is 0.475. The summed E-state index contributed by atoms with van der Waals surface area (Å²) in [5.74, 6) is 0.306. The van der Waals surface area contributed by atoms with Gasteiger partial charge in [-0.1, -0.05) is 6.92 Å². The maximum absolute atomic E-state index is 9.41. The third kappa shape index (κ3) is 1.37. The largest absolute Gasteiger partial charge is 0.508 e. The van der Waals surface area contributed by atoms with E-state index in [-0.39, 0.29) is 0 Å². The Balaban J connectivity index is 2.59. The van der Waals surface area contributed by atoms with E-state index >= 15 is 0 Å². The van der Waals surface area contributed by atoms with Crippen LogP contribution in [0.4, 0.5) is 11.4 Å². The van der Waals surface area contributed by atoms with Crippen LogP contribution in [0.25, 0.3) is 0 Å². The molecule has 0 spiro atoms. The molecule has 0 atom stereocenters. The van der Waals surface area contributed by atoms with Crippen molar-refractivity contribution < 1.29 is 5.11 Å². The third-order valence-electron chi connectivity index (χ3n) is 2.16. The van der Waals surface area contributed by atoms with Crippen molar-refractivity contribution in [1.82, 2.24) is 0 Å². The smallest absolute Gasteiger partial charge is 0.118 e. The quantitative estimate of drug-likeness (QED) is 0.688. The molecule has 1 aromatic carbocycles. The molecule has 13 heavy (non-hydrogen) atoms. The molecule has 3 nitrogen and oxygen atoms in total. The Hall–Kier alpha value is -1.51. The van der Waals surface area contributed by atoms with E-state index in [1.54, 1.807) is 12.1 Å². The molecule has 0 amide bonds. The number of benzene rings is 1. The van der Waals surface area contributed by atoms with Gasteiger partial charge in [-0.2, -0.15) is 0 Å². The van der Waals surface area contributed by atoms with E-state index in [0.717, 1.165) is 29.9 Å². The Kier molecular flexibility index (Phi) is 1.93. The van der Waals surface area contributed by atoms with E-state index in [0.29, 0.717) is 5.75 Å². The molecule has 1 heterocycles. The van der Waals surface area contributed by atoms with Crippen LogP contribution in [-0.2, 0) is 6.42 Å². The summed E-state index contributed by atoms with van der Waals surface area (Å²) in [7, 11) is 0. The van der Waals surface area contributed by atoms with E-state index in [2.05, 4.69) is 17.2 Å². The molecule has 2 rings (SSSR count). The molecule has 2 N–H and O–H groups in total. The number of phenols is 1. The van der Waals surface area contributed by atoms with E-state index in [4.69, 9.17) is 0 Å². The molecule has 0 saturated carbocycles. The molecule has 68 valence electrons. The molecule has 0 bridgehead atoms. The van der Waals surface area contributed by atoms with Crippen molar-refractivity contribution in [3.63, 3.8) is 0 Å². The molecule has 1 aromatic rings. The zero-order chi connectivity index (χ0) is 9.26. The van der Waals surface area contributed by atoms with Gasteiger partial charge in [0, 0.05) is 12.3 Å². The molecule has 1 aliphatic heterocycles. The van der Waals surface area contributed by atoms with Crippen LogP contribution in [0.1, 0.15) is 12.5 Å². The van der Waals surface area contributed by atoms with Gasteiger partial charge in [-0.25, -0.2) is 0 Å². The van der Waals surface area contributed by atoms with Crippen LogP contribution in [0.3, 0.4) is 0 Å². The highest BCUT2D eigenvalue weighted by molar-refractivity contribution is 5.83. The van der Waals surface area contributed by atoms with Gasteiger partial charge in [-0.15, -0.1) is 0 Å². The minimum absolute atomic E-state index is 0.306. The van der Waals surface area contributed by atoms with E-state index in [9.17, 15) is 5.11 Å². The second-order valence-electron chi connectivity index (χ2n) is 3.05. The Morgan fingerprint density at radius 1 is 1.54 bits per heavy atom. The number of phenolic OH excluding ortho intramolecular Hbond substituents is 1. The lowest BCUT2D eigenvalue weighted by Crippen LogP contribution is -2.07. The summed E-state index contributed by atoms with van der Waals surface area (Å²) in [6.07, 6.45) is 2.73. The van der Waals surface area contributed by atoms with E-state index in [1.807, 2.05) is 6.21 Å². The van der Waals surface area contributed by atoms with Crippen LogP contribution >= 0.6 is 0 Å². The summed E-state index contributed by atoms with van der Waals surface area (Å²) in [5.41, 5.74) is 2.98. The van der Waals surface area contributed by atoms with Gasteiger partial charge in [-0.3, -0.25) is 4.99 Å². The van der Waals surface area contributed by atoms with Crippen molar-refractivity contribution in [3.8, 4) is 5.75 Å². The number of aliphatic imine (C=N–C) groups is 1. The number of rotatable bonds is 1. The fourth-order valence-electron chi connectivity index (χ4n) is 1.53. The van der Waals surface area contributed by atoms with E-state index in [1.165, 1.54) is 0 Å². The van der Waals surface area contributed by atoms with Crippen LogP contribution < -0.4 is 5.32 Å². The van der Waals surface area contributed by atoms with Crippen molar-refractivity contribution in [3.05, 3.63) is 17.7 Å². The van der Waals surface area contributed by atoms with Crippen LogP contribution in [0, 0.1) is 0 Å². The fourth-order valence-corrected chi connectivity index (χ4v) is 1.53. The summed E-state index contributed by atoms with van der Waals surface area (Å²) < 4.78 is 0. The van der Waals surface area contributed by atoms with Crippen LogP contribution in [0.15, 0.2) is 17.1 Å². The molecular weight excluding hydrogens is 164 g/mol. The Labute approximate surface area is 77.1 Å². The average molecular weight is 176 g/mol. The molecule has 0 radical (unpaired) electrons. The highest BCUT2D eigenvalue weighted by atomic mass is 16.3. The Morgan fingerprint density at radius 2 is 2.38 bits per heavy atom. The number of aromatic hydroxyl groups is 1. The minimum atomic E-state index is 0.306. The van der Waals surface area contributed by atoms with Gasteiger partial charge < -0.3 is 10.4 Å². The molecule has 3 heteroatoms. The lowest BCUT2D eigenvalue weighted by atomic mass is 10.1. The maximum Gasteiger partial charge on any atom is 0.118 e. The fraction of sp³-hybridized carbons (Fsp3) is 0.300. The summed E-state index contributed by atoms with van der Waals surface area (Å²) in [4.78, 5) is 4.31. The number of nitrogens with zero attached hydrogens (tertiary/aromatic N) is 1. The normalized spacial score (nSPS) is 13.6. The van der Waals surface area contributed by atoms with Crippen LogP contribution in [0.2, 0.25) is 0 Å². The number of hydrogen-bond donors (Lipinski definition) is 2. The van der Waals surface area contributed by atoms with Crippen LogP contribution in [0.5, 0.6) is 5.75 Å². The lowest BCUT2D eigenvalue weighted by Gasteiger charge is -2.15. The Morgan fingerprint density at radius 3 is 3.15 bits per heavy atom. The summed E-state index contributed by atoms with van der Waals surface area (Å²) >= 11 is 0. The first-order chi connectivity index (χ1) is 6.31. The first kappa shape index (κ1) is 8.10. The minimum Gasteiger partial charge on any atom is -0.508 e. The van der Waals surface area contributed by atoms with E-state index < -0.39 is 0 Å². The second kappa shape index (κ2) is 3.09. The molecule has 0 aromatic heterocycles. The average Bonchev–Trinajstić information content (AvgIpc) is 2.16. The number of fused-ring (bicyclic) bond motifs is 1. The van der Waals surface area contributed by atoms with Gasteiger partial charge in [0.05, 0.1) is 17.9 Å². The first-order valence-corrected chi connectivity index (χ1v) is 4.43. The SMILES string of the molecule is CCc1cc(O)cc2c1N=CCN2. The zero-order valence-corrected chi connectivity index (χ0v) is 7.54. The van der Waals surface area contributed by atoms with Crippen molar-refractivity contribution in [2.75, 3.05) is 11.9 Å². The van der Waals surface area contributed by atoms with Gasteiger partial charge in [0.15, 0.2) is 0 Å². The predicted octanol–water partition coefficient (Wildman–Crippen LogP) is 2.08.